The van der Waals surface area contributed by atoms with Gasteiger partial charge in [0.15, 0.2) is 0 Å². The van der Waals surface area contributed by atoms with Crippen LogP contribution in [0.15, 0.2) is 0 Å². The highest BCUT2D eigenvalue weighted by atomic mass is 35.5. The van der Waals surface area contributed by atoms with Crippen LogP contribution < -0.4 is 0 Å². The van der Waals surface area contributed by atoms with Crippen LogP contribution in [-0.4, -0.2) is 37.8 Å². The van der Waals surface area contributed by atoms with Gasteiger partial charge in [0, 0.05) is 13.1 Å². The third-order valence-corrected chi connectivity index (χ3v) is 4.80. The molecule has 0 aliphatic carbocycles. The maximum atomic E-state index is 12.0. The van der Waals surface area contributed by atoms with Crippen LogP contribution in [0.5, 0.6) is 0 Å². The summed E-state index contributed by atoms with van der Waals surface area (Å²) in [4.78, 5) is 0. The van der Waals surface area contributed by atoms with E-state index < -0.39 is 10.3 Å². The van der Waals surface area contributed by atoms with Crippen molar-refractivity contribution in [3.63, 3.8) is 0 Å². The molecule has 6 heteroatoms. The molecule has 0 saturated carbocycles. The first-order valence-corrected chi connectivity index (χ1v) is 8.24. The van der Waals surface area contributed by atoms with Crippen molar-refractivity contribution in [1.29, 1.82) is 0 Å². The lowest BCUT2D eigenvalue weighted by Crippen LogP contribution is -2.39. The van der Waals surface area contributed by atoms with E-state index in [9.17, 15) is 8.42 Å². The largest absolute Gasteiger partial charge is 0.338 e. The van der Waals surface area contributed by atoms with Crippen LogP contribution in [0.2, 0.25) is 0 Å². The molecule has 4 nitrogen and oxygen atoms in total. The lowest BCUT2D eigenvalue weighted by atomic mass is 10.2. The van der Waals surface area contributed by atoms with E-state index in [2.05, 4.69) is 6.92 Å². The van der Waals surface area contributed by atoms with Gasteiger partial charge in [0.1, 0.15) is 0 Å². The van der Waals surface area contributed by atoms with Crippen molar-refractivity contribution < 1.29 is 12.6 Å². The topological polar surface area (TPSA) is 46.6 Å². The van der Waals surface area contributed by atoms with E-state index in [1.54, 1.807) is 0 Å². The molecule has 1 atom stereocenters. The standard InChI is InChI=1S/C11H22ClNO3S/c1-2-3-7-11(10-12)16-17(14,15)13-8-5-4-6-9-13/h11H,2-10H2,1H3. The molecule has 0 bridgehead atoms. The summed E-state index contributed by atoms with van der Waals surface area (Å²) in [5.74, 6) is 0.229. The van der Waals surface area contributed by atoms with Gasteiger partial charge >= 0.3 is 10.3 Å². The predicted molar refractivity (Wildman–Crippen MR) is 69.5 cm³/mol. The average Bonchev–Trinajstić information content (AvgIpc) is 2.35. The zero-order valence-electron chi connectivity index (χ0n) is 10.4. The Hall–Kier alpha value is 0.160. The number of nitrogens with zero attached hydrogens (tertiary/aromatic N) is 1. The molecule has 1 aliphatic rings. The molecule has 1 heterocycles. The first-order chi connectivity index (χ1) is 8.10. The Morgan fingerprint density at radius 3 is 2.47 bits per heavy atom. The lowest BCUT2D eigenvalue weighted by Gasteiger charge is -2.27. The zero-order valence-corrected chi connectivity index (χ0v) is 12.0. The molecule has 102 valence electrons. The summed E-state index contributed by atoms with van der Waals surface area (Å²) in [7, 11) is -3.58. The van der Waals surface area contributed by atoms with E-state index in [1.807, 2.05) is 0 Å². The Morgan fingerprint density at radius 2 is 1.94 bits per heavy atom. The van der Waals surface area contributed by atoms with Gasteiger partial charge in [-0.15, -0.1) is 11.6 Å². The SMILES string of the molecule is CCCCC(CCl)OS(=O)(=O)N1CCCCC1. The maximum Gasteiger partial charge on any atom is 0.338 e. The highest BCUT2D eigenvalue weighted by Crippen LogP contribution is 2.17. The molecule has 0 aromatic heterocycles. The predicted octanol–water partition coefficient (Wildman–Crippen LogP) is 2.53. The third kappa shape index (κ3) is 5.12. The van der Waals surface area contributed by atoms with Crippen LogP contribution in [0.1, 0.15) is 45.4 Å². The maximum absolute atomic E-state index is 12.0. The molecule has 0 spiro atoms. The summed E-state index contributed by atoms with van der Waals surface area (Å²) in [6.07, 6.45) is 5.21. The van der Waals surface area contributed by atoms with Gasteiger partial charge in [0.2, 0.25) is 0 Å². The molecule has 17 heavy (non-hydrogen) atoms. The molecule has 1 unspecified atom stereocenters. The third-order valence-electron chi connectivity index (χ3n) is 2.94. The van der Waals surface area contributed by atoms with Crippen molar-refractivity contribution in [2.24, 2.45) is 0 Å². The van der Waals surface area contributed by atoms with Gasteiger partial charge in [-0.3, -0.25) is 4.18 Å². The van der Waals surface area contributed by atoms with E-state index in [0.29, 0.717) is 19.5 Å². The van der Waals surface area contributed by atoms with Crippen molar-refractivity contribution >= 4 is 21.9 Å². The van der Waals surface area contributed by atoms with Gasteiger partial charge < -0.3 is 0 Å². The Bertz CT molecular complexity index is 302. The smallest absolute Gasteiger partial charge is 0.253 e. The van der Waals surface area contributed by atoms with Crippen LogP contribution in [-0.2, 0) is 14.5 Å². The van der Waals surface area contributed by atoms with E-state index >= 15 is 0 Å². The Labute approximate surface area is 110 Å². The number of hydrogen-bond donors (Lipinski definition) is 0. The molecule has 1 aliphatic heterocycles. The second kappa shape index (κ2) is 7.56. The average molecular weight is 284 g/mol. The molecular weight excluding hydrogens is 262 g/mol. The van der Waals surface area contributed by atoms with Gasteiger partial charge in [0.25, 0.3) is 0 Å². The minimum absolute atomic E-state index is 0.229. The second-order valence-electron chi connectivity index (χ2n) is 4.43. The molecule has 1 saturated heterocycles. The Morgan fingerprint density at radius 1 is 1.29 bits per heavy atom. The monoisotopic (exact) mass is 283 g/mol. The van der Waals surface area contributed by atoms with Gasteiger partial charge in [-0.25, -0.2) is 0 Å². The summed E-state index contributed by atoms with van der Waals surface area (Å²) in [5, 5.41) is 0. The van der Waals surface area contributed by atoms with Crippen LogP contribution >= 0.6 is 11.6 Å². The number of unbranched alkanes of at least 4 members (excludes halogenated alkanes) is 1. The minimum atomic E-state index is -3.58. The van der Waals surface area contributed by atoms with Crippen LogP contribution in [0.4, 0.5) is 0 Å². The van der Waals surface area contributed by atoms with E-state index in [0.717, 1.165) is 32.1 Å². The van der Waals surface area contributed by atoms with Crippen molar-refractivity contribution in [2.45, 2.75) is 51.6 Å². The molecule has 0 aromatic rings. The fourth-order valence-corrected chi connectivity index (χ4v) is 3.53. The molecule has 1 rings (SSSR count). The molecule has 0 radical (unpaired) electrons. The Kier molecular flexibility index (Phi) is 6.77. The van der Waals surface area contributed by atoms with Gasteiger partial charge in [-0.1, -0.05) is 26.2 Å². The van der Waals surface area contributed by atoms with Gasteiger partial charge in [-0.05, 0) is 19.3 Å². The first-order valence-electron chi connectivity index (χ1n) is 6.34. The van der Waals surface area contributed by atoms with E-state index in [-0.39, 0.29) is 12.0 Å². The first kappa shape index (κ1) is 15.2. The summed E-state index contributed by atoms with van der Waals surface area (Å²) in [6, 6.07) is 0. The van der Waals surface area contributed by atoms with Crippen molar-refractivity contribution in [1.82, 2.24) is 4.31 Å². The summed E-state index contributed by atoms with van der Waals surface area (Å²) >= 11 is 5.74. The highest BCUT2D eigenvalue weighted by Gasteiger charge is 2.27. The van der Waals surface area contributed by atoms with Crippen LogP contribution in [0.25, 0.3) is 0 Å². The molecular formula is C11H22ClNO3S. The van der Waals surface area contributed by atoms with E-state index in [4.69, 9.17) is 15.8 Å². The van der Waals surface area contributed by atoms with E-state index in [1.165, 1.54) is 4.31 Å². The molecule has 0 aromatic carbocycles. The zero-order chi connectivity index (χ0) is 12.7. The number of rotatable bonds is 7. The van der Waals surface area contributed by atoms with Gasteiger partial charge in [0.05, 0.1) is 12.0 Å². The summed E-state index contributed by atoms with van der Waals surface area (Å²) < 4.78 is 30.6. The summed E-state index contributed by atoms with van der Waals surface area (Å²) in [6.45, 7) is 3.21. The van der Waals surface area contributed by atoms with Crippen molar-refractivity contribution in [2.75, 3.05) is 19.0 Å². The number of hydrogen-bond acceptors (Lipinski definition) is 3. The Balaban J connectivity index is 2.50. The normalized spacial score (nSPS) is 20.4. The lowest BCUT2D eigenvalue weighted by molar-refractivity contribution is 0.185. The number of piperidine rings is 1. The number of alkyl halides is 1. The van der Waals surface area contributed by atoms with Crippen LogP contribution in [0.3, 0.4) is 0 Å². The quantitative estimate of drug-likeness (QED) is 0.675. The van der Waals surface area contributed by atoms with Gasteiger partial charge in [-0.2, -0.15) is 12.7 Å². The number of halogens is 1. The van der Waals surface area contributed by atoms with Crippen molar-refractivity contribution in [3.05, 3.63) is 0 Å². The molecule has 1 fully saturated rings. The molecule has 0 N–H and O–H groups in total. The summed E-state index contributed by atoms with van der Waals surface area (Å²) in [5.41, 5.74) is 0. The molecule has 0 amide bonds. The fraction of sp³-hybridized carbons (Fsp3) is 1.00. The minimum Gasteiger partial charge on any atom is -0.253 e. The fourth-order valence-electron chi connectivity index (χ4n) is 1.90. The van der Waals surface area contributed by atoms with Crippen molar-refractivity contribution in [3.8, 4) is 0 Å². The van der Waals surface area contributed by atoms with Crippen LogP contribution in [0, 0.1) is 0 Å². The second-order valence-corrected chi connectivity index (χ2v) is 6.31. The highest BCUT2D eigenvalue weighted by molar-refractivity contribution is 7.84.